The lowest BCUT2D eigenvalue weighted by Crippen LogP contribution is -2.34. The third kappa shape index (κ3) is 4.06. The molecule has 1 aromatic carbocycles. The van der Waals surface area contributed by atoms with Gasteiger partial charge in [0.25, 0.3) is 0 Å². The van der Waals surface area contributed by atoms with Gasteiger partial charge in [0.2, 0.25) is 0 Å². The van der Waals surface area contributed by atoms with Crippen molar-refractivity contribution in [2.24, 2.45) is 5.92 Å². The molecule has 2 rings (SSSR count). The summed E-state index contributed by atoms with van der Waals surface area (Å²) in [5.74, 6) is -0.110. The van der Waals surface area contributed by atoms with Crippen molar-refractivity contribution in [3.63, 3.8) is 0 Å². The average molecular weight is 340 g/mol. The molecule has 1 aromatic rings. The van der Waals surface area contributed by atoms with Gasteiger partial charge in [-0.15, -0.1) is 0 Å². The third-order valence-electron chi connectivity index (χ3n) is 4.27. The van der Waals surface area contributed by atoms with Gasteiger partial charge in [-0.2, -0.15) is 0 Å². The zero-order valence-corrected chi connectivity index (χ0v) is 13.4. The first-order valence-corrected chi connectivity index (χ1v) is 8.12. The molecule has 0 amide bonds. The fourth-order valence-electron chi connectivity index (χ4n) is 2.90. The average Bonchev–Trinajstić information content (AvgIpc) is 2.46. The van der Waals surface area contributed by atoms with E-state index in [1.807, 2.05) is 6.07 Å². The van der Waals surface area contributed by atoms with E-state index in [2.05, 4.69) is 28.2 Å². The molecule has 0 aliphatic heterocycles. The van der Waals surface area contributed by atoms with Crippen molar-refractivity contribution in [1.82, 2.24) is 5.32 Å². The second-order valence-corrected chi connectivity index (χ2v) is 6.53. The molecule has 0 heterocycles. The van der Waals surface area contributed by atoms with Gasteiger partial charge in [-0.3, -0.25) is 0 Å². The highest BCUT2D eigenvalue weighted by Crippen LogP contribution is 2.27. The second kappa shape index (κ2) is 7.23. The van der Waals surface area contributed by atoms with Gasteiger partial charge in [0, 0.05) is 17.1 Å². The minimum Gasteiger partial charge on any atom is -0.478 e. The Morgan fingerprint density at radius 2 is 2.10 bits per heavy atom. The molecule has 0 radical (unpaired) electrons. The topological polar surface area (TPSA) is 49.3 Å². The fraction of sp³-hybridized carbons (Fsp3) is 0.562. The minimum atomic E-state index is -0.888. The van der Waals surface area contributed by atoms with Crippen LogP contribution in [0.3, 0.4) is 0 Å². The van der Waals surface area contributed by atoms with Crippen LogP contribution in [0.1, 0.15) is 54.9 Å². The highest BCUT2D eigenvalue weighted by molar-refractivity contribution is 9.10. The van der Waals surface area contributed by atoms with Crippen LogP contribution in [-0.4, -0.2) is 17.1 Å². The van der Waals surface area contributed by atoms with Crippen LogP contribution in [0.25, 0.3) is 0 Å². The van der Waals surface area contributed by atoms with Crippen LogP contribution in [0.2, 0.25) is 0 Å². The Morgan fingerprint density at radius 3 is 2.70 bits per heavy atom. The number of benzene rings is 1. The van der Waals surface area contributed by atoms with E-state index in [0.717, 1.165) is 22.5 Å². The van der Waals surface area contributed by atoms with Crippen molar-refractivity contribution in [1.29, 1.82) is 0 Å². The maximum Gasteiger partial charge on any atom is 0.335 e. The second-order valence-electron chi connectivity index (χ2n) is 5.68. The molecule has 0 aromatic heterocycles. The Morgan fingerprint density at radius 1 is 1.40 bits per heavy atom. The molecular weight excluding hydrogens is 318 g/mol. The van der Waals surface area contributed by atoms with Crippen LogP contribution < -0.4 is 5.32 Å². The Bertz CT molecular complexity index is 470. The van der Waals surface area contributed by atoms with Gasteiger partial charge in [-0.05, 0) is 43.4 Å². The number of carbonyl (C=O) groups is 1. The predicted octanol–water partition coefficient (Wildman–Crippen LogP) is 4.21. The van der Waals surface area contributed by atoms with Gasteiger partial charge in [0.05, 0.1) is 5.56 Å². The summed E-state index contributed by atoms with van der Waals surface area (Å²) < 4.78 is 0.862. The first-order valence-electron chi connectivity index (χ1n) is 7.33. The summed E-state index contributed by atoms with van der Waals surface area (Å²) in [4.78, 5) is 10.9. The molecule has 3 nitrogen and oxygen atoms in total. The molecule has 1 saturated carbocycles. The number of hydrogen-bond acceptors (Lipinski definition) is 2. The van der Waals surface area contributed by atoms with Crippen molar-refractivity contribution in [3.05, 3.63) is 33.8 Å². The van der Waals surface area contributed by atoms with E-state index < -0.39 is 5.97 Å². The summed E-state index contributed by atoms with van der Waals surface area (Å²) in [6.07, 6.45) is 6.74. The third-order valence-corrected chi connectivity index (χ3v) is 5.01. The molecule has 2 N–H and O–H groups in total. The first kappa shape index (κ1) is 15.5. The summed E-state index contributed by atoms with van der Waals surface area (Å²) in [5, 5.41) is 12.5. The number of hydrogen-bond donors (Lipinski definition) is 2. The number of rotatable bonds is 5. The number of halogens is 1. The SMILES string of the molecule is C[C@@H](NCc1ccc(C(=O)O)cc1Br)C1CCCCC1. The molecule has 4 heteroatoms. The van der Waals surface area contributed by atoms with E-state index in [9.17, 15) is 4.79 Å². The van der Waals surface area contributed by atoms with Crippen molar-refractivity contribution in [3.8, 4) is 0 Å². The zero-order chi connectivity index (χ0) is 14.5. The van der Waals surface area contributed by atoms with Crippen molar-refractivity contribution in [2.75, 3.05) is 0 Å². The van der Waals surface area contributed by atoms with E-state index in [1.54, 1.807) is 12.1 Å². The van der Waals surface area contributed by atoms with Crippen LogP contribution in [0.5, 0.6) is 0 Å². The molecule has 0 saturated heterocycles. The van der Waals surface area contributed by atoms with Crippen LogP contribution >= 0.6 is 15.9 Å². The van der Waals surface area contributed by atoms with E-state index in [4.69, 9.17) is 5.11 Å². The quantitative estimate of drug-likeness (QED) is 0.844. The Kier molecular flexibility index (Phi) is 5.61. The predicted molar refractivity (Wildman–Crippen MR) is 84.0 cm³/mol. The van der Waals surface area contributed by atoms with Gasteiger partial charge < -0.3 is 10.4 Å². The van der Waals surface area contributed by atoms with Crippen LogP contribution in [0.15, 0.2) is 22.7 Å². The Balaban J connectivity index is 1.91. The lowest BCUT2D eigenvalue weighted by atomic mass is 9.84. The lowest BCUT2D eigenvalue weighted by molar-refractivity contribution is 0.0697. The molecule has 1 aliphatic rings. The Labute approximate surface area is 128 Å². The molecule has 1 atom stereocenters. The van der Waals surface area contributed by atoms with E-state index >= 15 is 0 Å². The number of aromatic carboxylic acids is 1. The van der Waals surface area contributed by atoms with Gasteiger partial charge in [0.1, 0.15) is 0 Å². The first-order chi connectivity index (χ1) is 9.58. The molecule has 1 fully saturated rings. The molecule has 110 valence electrons. The number of carboxylic acid groups (broad SMARTS) is 1. The number of carboxylic acids is 1. The summed E-state index contributed by atoms with van der Waals surface area (Å²) in [6, 6.07) is 5.73. The maximum absolute atomic E-state index is 10.9. The number of nitrogens with one attached hydrogen (secondary N) is 1. The van der Waals surface area contributed by atoms with Gasteiger partial charge >= 0.3 is 5.97 Å². The Hall–Kier alpha value is -0.870. The molecule has 1 aliphatic carbocycles. The molecule has 20 heavy (non-hydrogen) atoms. The summed E-state index contributed by atoms with van der Waals surface area (Å²) in [5.41, 5.74) is 1.43. The fourth-order valence-corrected chi connectivity index (χ4v) is 3.41. The van der Waals surface area contributed by atoms with Crippen LogP contribution in [0, 0.1) is 5.92 Å². The van der Waals surface area contributed by atoms with Crippen molar-refractivity contribution in [2.45, 2.75) is 51.6 Å². The maximum atomic E-state index is 10.9. The monoisotopic (exact) mass is 339 g/mol. The van der Waals surface area contributed by atoms with E-state index in [-0.39, 0.29) is 0 Å². The summed E-state index contributed by atoms with van der Waals surface area (Å²) >= 11 is 3.46. The molecular formula is C16H22BrNO2. The summed E-state index contributed by atoms with van der Waals surface area (Å²) in [6.45, 7) is 3.04. The van der Waals surface area contributed by atoms with Crippen molar-refractivity contribution >= 4 is 21.9 Å². The van der Waals surface area contributed by atoms with E-state index in [1.165, 1.54) is 32.1 Å². The van der Waals surface area contributed by atoms with Gasteiger partial charge in [-0.25, -0.2) is 4.79 Å². The molecule has 0 bridgehead atoms. The smallest absolute Gasteiger partial charge is 0.335 e. The largest absolute Gasteiger partial charge is 0.478 e. The normalized spacial score (nSPS) is 17.9. The standard InChI is InChI=1S/C16H22BrNO2/c1-11(12-5-3-2-4-6-12)18-10-14-8-7-13(16(19)20)9-15(14)17/h7-9,11-12,18H,2-6,10H2,1H3,(H,19,20)/t11-/m1/s1. The lowest BCUT2D eigenvalue weighted by Gasteiger charge is -2.28. The van der Waals surface area contributed by atoms with Crippen molar-refractivity contribution < 1.29 is 9.90 Å². The molecule has 0 spiro atoms. The molecule has 0 unspecified atom stereocenters. The van der Waals surface area contributed by atoms with Gasteiger partial charge in [-0.1, -0.05) is 41.3 Å². The van der Waals surface area contributed by atoms with Gasteiger partial charge in [0.15, 0.2) is 0 Å². The van der Waals surface area contributed by atoms with Crippen LogP contribution in [0.4, 0.5) is 0 Å². The minimum absolute atomic E-state index is 0.320. The highest BCUT2D eigenvalue weighted by atomic mass is 79.9. The highest BCUT2D eigenvalue weighted by Gasteiger charge is 2.19. The van der Waals surface area contributed by atoms with Crippen LogP contribution in [-0.2, 0) is 6.54 Å². The van der Waals surface area contributed by atoms with E-state index in [0.29, 0.717) is 11.6 Å². The zero-order valence-electron chi connectivity index (χ0n) is 11.9. The summed E-state index contributed by atoms with van der Waals surface area (Å²) in [7, 11) is 0.